The monoisotopic (exact) mass is 418 g/mol. The molecule has 158 valence electrons. The van der Waals surface area contributed by atoms with Gasteiger partial charge in [0.2, 0.25) is 5.91 Å². The normalized spacial score (nSPS) is 24.7. The highest BCUT2D eigenvalue weighted by atomic mass is 16.5. The second kappa shape index (κ2) is 7.45. The van der Waals surface area contributed by atoms with Gasteiger partial charge in [0.1, 0.15) is 18.5 Å². The standard InChI is InChI=1S/C23H22N4O4/c1-12-14(3-4-15-18(12)11-31-23(15)30)19(28)10-27-8-16-17(9-27)21(16)22(29)26-20-5-2-13(6-24)7-25-20/h2-5,7,16-17,19,21,28H,8-11H2,1H3,(H,25,26,29)/t16?,17?,19-,21?/m0/s1. The molecular formula is C23H22N4O4. The van der Waals surface area contributed by atoms with Gasteiger partial charge in [-0.2, -0.15) is 5.26 Å². The fraction of sp³-hybridized carbons (Fsp3) is 0.391. The summed E-state index contributed by atoms with van der Waals surface area (Å²) < 4.78 is 5.09. The van der Waals surface area contributed by atoms with Gasteiger partial charge in [-0.1, -0.05) is 6.07 Å². The first-order valence-corrected chi connectivity index (χ1v) is 10.3. The number of carbonyl (C=O) groups excluding carboxylic acids is 2. The molecule has 3 atom stereocenters. The third-order valence-corrected chi connectivity index (χ3v) is 6.71. The van der Waals surface area contributed by atoms with E-state index in [1.807, 2.05) is 19.1 Å². The van der Waals surface area contributed by atoms with Gasteiger partial charge in [0, 0.05) is 37.3 Å². The Morgan fingerprint density at radius 1 is 1.35 bits per heavy atom. The zero-order valence-electron chi connectivity index (χ0n) is 17.0. The summed E-state index contributed by atoms with van der Waals surface area (Å²) in [4.78, 5) is 30.5. The van der Waals surface area contributed by atoms with E-state index in [-0.39, 0.29) is 36.2 Å². The summed E-state index contributed by atoms with van der Waals surface area (Å²) in [6, 6.07) is 8.80. The van der Waals surface area contributed by atoms with Crippen LogP contribution in [0.2, 0.25) is 0 Å². The highest BCUT2D eigenvalue weighted by Crippen LogP contribution is 2.52. The van der Waals surface area contributed by atoms with E-state index >= 15 is 0 Å². The second-order valence-corrected chi connectivity index (χ2v) is 8.50. The van der Waals surface area contributed by atoms with Crippen LogP contribution in [-0.2, 0) is 16.1 Å². The van der Waals surface area contributed by atoms with Crippen LogP contribution in [0.25, 0.3) is 0 Å². The number of esters is 1. The van der Waals surface area contributed by atoms with Crippen molar-refractivity contribution in [1.82, 2.24) is 9.88 Å². The summed E-state index contributed by atoms with van der Waals surface area (Å²) in [5.74, 6) is 0.660. The summed E-state index contributed by atoms with van der Waals surface area (Å²) in [5.41, 5.74) is 3.62. The molecule has 1 aromatic carbocycles. The van der Waals surface area contributed by atoms with Crippen LogP contribution in [0.15, 0.2) is 30.5 Å². The molecule has 1 aliphatic carbocycles. The smallest absolute Gasteiger partial charge is 0.338 e. The Hall–Kier alpha value is -3.28. The third-order valence-electron chi connectivity index (χ3n) is 6.71. The van der Waals surface area contributed by atoms with Crippen LogP contribution in [0.5, 0.6) is 0 Å². The Kier molecular flexibility index (Phi) is 4.73. The maximum atomic E-state index is 12.5. The third kappa shape index (κ3) is 3.46. The Morgan fingerprint density at radius 2 is 2.13 bits per heavy atom. The number of anilines is 1. The Labute approximate surface area is 179 Å². The first-order valence-electron chi connectivity index (χ1n) is 10.3. The largest absolute Gasteiger partial charge is 0.457 e. The maximum absolute atomic E-state index is 12.5. The van der Waals surface area contributed by atoms with Crippen LogP contribution in [0.3, 0.4) is 0 Å². The molecule has 2 unspecified atom stereocenters. The molecule has 5 rings (SSSR count). The Balaban J connectivity index is 1.16. The van der Waals surface area contributed by atoms with Crippen molar-refractivity contribution in [3.05, 3.63) is 58.3 Å². The van der Waals surface area contributed by atoms with Crippen molar-refractivity contribution in [2.75, 3.05) is 25.0 Å². The molecule has 1 aromatic heterocycles. The number of piperidine rings is 1. The molecule has 0 bridgehead atoms. The van der Waals surface area contributed by atoms with Gasteiger partial charge in [-0.05, 0) is 48.1 Å². The number of nitriles is 1. The molecule has 2 aliphatic heterocycles. The zero-order valence-corrected chi connectivity index (χ0v) is 17.0. The number of pyridine rings is 1. The summed E-state index contributed by atoms with van der Waals surface area (Å²) in [6.07, 6.45) is 0.781. The van der Waals surface area contributed by atoms with Gasteiger partial charge in [-0.25, -0.2) is 9.78 Å². The number of amides is 1. The quantitative estimate of drug-likeness (QED) is 0.711. The molecule has 2 fully saturated rings. The molecule has 3 heterocycles. The molecule has 2 N–H and O–H groups in total. The number of fused-ring (bicyclic) bond motifs is 2. The number of aliphatic hydroxyl groups excluding tert-OH is 1. The van der Waals surface area contributed by atoms with Crippen molar-refractivity contribution < 1.29 is 19.4 Å². The van der Waals surface area contributed by atoms with Crippen LogP contribution >= 0.6 is 0 Å². The number of rotatable bonds is 5. The van der Waals surface area contributed by atoms with Crippen molar-refractivity contribution >= 4 is 17.7 Å². The number of carbonyl (C=O) groups is 2. The number of hydrogen-bond acceptors (Lipinski definition) is 7. The number of nitrogens with zero attached hydrogens (tertiary/aromatic N) is 3. The van der Waals surface area contributed by atoms with Crippen molar-refractivity contribution in [2.24, 2.45) is 17.8 Å². The average molecular weight is 418 g/mol. The summed E-state index contributed by atoms with van der Waals surface area (Å²) >= 11 is 0. The minimum absolute atomic E-state index is 0.0317. The maximum Gasteiger partial charge on any atom is 0.338 e. The molecule has 8 nitrogen and oxygen atoms in total. The lowest BCUT2D eigenvalue weighted by atomic mass is 9.95. The van der Waals surface area contributed by atoms with E-state index in [2.05, 4.69) is 15.2 Å². The molecule has 2 aromatic rings. The molecule has 3 aliphatic rings. The van der Waals surface area contributed by atoms with E-state index in [0.717, 1.165) is 29.8 Å². The minimum Gasteiger partial charge on any atom is -0.457 e. The fourth-order valence-corrected chi connectivity index (χ4v) is 4.97. The molecule has 31 heavy (non-hydrogen) atoms. The number of hydrogen-bond donors (Lipinski definition) is 2. The van der Waals surface area contributed by atoms with E-state index in [1.54, 1.807) is 18.2 Å². The van der Waals surface area contributed by atoms with E-state index in [4.69, 9.17) is 10.00 Å². The molecule has 1 amide bonds. The Bertz CT molecular complexity index is 1100. The summed E-state index contributed by atoms with van der Waals surface area (Å²) in [6.45, 7) is 4.21. The second-order valence-electron chi connectivity index (χ2n) is 8.50. The number of ether oxygens (including phenoxy) is 1. The van der Waals surface area contributed by atoms with E-state index in [9.17, 15) is 14.7 Å². The predicted molar refractivity (Wildman–Crippen MR) is 110 cm³/mol. The summed E-state index contributed by atoms with van der Waals surface area (Å²) in [5, 5.41) is 22.5. The van der Waals surface area contributed by atoms with Crippen LogP contribution in [-0.4, -0.2) is 46.5 Å². The molecule has 0 radical (unpaired) electrons. The average Bonchev–Trinajstić information content (AvgIpc) is 3.06. The van der Waals surface area contributed by atoms with Crippen molar-refractivity contribution in [2.45, 2.75) is 19.6 Å². The van der Waals surface area contributed by atoms with Crippen molar-refractivity contribution in [3.63, 3.8) is 0 Å². The van der Waals surface area contributed by atoms with Gasteiger partial charge >= 0.3 is 5.97 Å². The van der Waals surface area contributed by atoms with Crippen LogP contribution in [0, 0.1) is 36.0 Å². The number of likely N-dealkylation sites (tertiary alicyclic amines) is 1. The van der Waals surface area contributed by atoms with Crippen LogP contribution in [0.1, 0.15) is 38.7 Å². The number of cyclic esters (lactones) is 1. The van der Waals surface area contributed by atoms with E-state index < -0.39 is 6.10 Å². The van der Waals surface area contributed by atoms with Gasteiger partial charge < -0.3 is 15.2 Å². The number of aliphatic hydroxyl groups is 1. The number of aromatic nitrogens is 1. The molecule has 1 saturated carbocycles. The summed E-state index contributed by atoms with van der Waals surface area (Å²) in [7, 11) is 0. The lowest BCUT2D eigenvalue weighted by Gasteiger charge is -2.24. The fourth-order valence-electron chi connectivity index (χ4n) is 4.97. The highest BCUT2D eigenvalue weighted by molar-refractivity contribution is 5.94. The highest BCUT2D eigenvalue weighted by Gasteiger charge is 2.59. The first-order chi connectivity index (χ1) is 15.0. The van der Waals surface area contributed by atoms with Gasteiger partial charge in [-0.15, -0.1) is 0 Å². The number of β-amino-alcohol motifs (C(OH)–C–C–N with tert-alkyl or cyclic N) is 1. The van der Waals surface area contributed by atoms with Gasteiger partial charge in [-0.3, -0.25) is 9.69 Å². The van der Waals surface area contributed by atoms with E-state index in [0.29, 0.717) is 23.5 Å². The topological polar surface area (TPSA) is 116 Å². The van der Waals surface area contributed by atoms with Crippen LogP contribution in [0.4, 0.5) is 5.82 Å². The predicted octanol–water partition coefficient (Wildman–Crippen LogP) is 1.78. The SMILES string of the molecule is Cc1c([C@@H](O)CN2CC3C(C2)C3C(=O)Nc2ccc(C#N)cn2)ccc2c1COC2=O. The number of benzene rings is 1. The van der Waals surface area contributed by atoms with E-state index in [1.165, 1.54) is 6.20 Å². The molecular weight excluding hydrogens is 396 g/mol. The van der Waals surface area contributed by atoms with Gasteiger partial charge in [0.15, 0.2) is 0 Å². The van der Waals surface area contributed by atoms with Crippen molar-refractivity contribution in [3.8, 4) is 6.07 Å². The number of nitrogens with one attached hydrogen (secondary N) is 1. The van der Waals surface area contributed by atoms with Crippen molar-refractivity contribution in [1.29, 1.82) is 5.26 Å². The van der Waals surface area contributed by atoms with Crippen LogP contribution < -0.4 is 5.32 Å². The minimum atomic E-state index is -0.659. The first kappa shape index (κ1) is 19.7. The zero-order chi connectivity index (χ0) is 21.7. The molecule has 1 saturated heterocycles. The van der Waals surface area contributed by atoms with Gasteiger partial charge in [0.05, 0.1) is 17.2 Å². The molecule has 0 spiro atoms. The lowest BCUT2D eigenvalue weighted by Crippen LogP contribution is -2.32. The molecule has 8 heteroatoms. The van der Waals surface area contributed by atoms with Gasteiger partial charge in [0.25, 0.3) is 0 Å². The lowest BCUT2D eigenvalue weighted by molar-refractivity contribution is -0.118. The Morgan fingerprint density at radius 3 is 2.81 bits per heavy atom.